The van der Waals surface area contributed by atoms with Gasteiger partial charge >= 0.3 is 6.03 Å². The SMILES string of the molecule is CN1C(=O)N(C)[C@]2(C)OC(c3ccccc3)(c3ccccc3)[C@]2(C)C1=O. The predicted octanol–water partition coefficient (Wildman–Crippen LogP) is 3.21. The lowest BCUT2D eigenvalue weighted by molar-refractivity contribution is -0.390. The Morgan fingerprint density at radius 1 is 0.808 bits per heavy atom. The van der Waals surface area contributed by atoms with Crippen molar-refractivity contribution in [1.29, 1.82) is 0 Å². The minimum absolute atomic E-state index is 0.234. The van der Waals surface area contributed by atoms with Gasteiger partial charge in [0, 0.05) is 14.1 Å². The van der Waals surface area contributed by atoms with E-state index >= 15 is 0 Å². The van der Waals surface area contributed by atoms with E-state index in [1.807, 2.05) is 74.5 Å². The summed E-state index contributed by atoms with van der Waals surface area (Å²) in [4.78, 5) is 28.7. The molecule has 0 bridgehead atoms. The molecule has 2 aromatic rings. The van der Waals surface area contributed by atoms with Crippen molar-refractivity contribution in [3.05, 3.63) is 71.8 Å². The van der Waals surface area contributed by atoms with Gasteiger partial charge in [-0.15, -0.1) is 0 Å². The number of hydrogen-bond acceptors (Lipinski definition) is 3. The van der Waals surface area contributed by atoms with Crippen LogP contribution in [0.1, 0.15) is 25.0 Å². The van der Waals surface area contributed by atoms with Gasteiger partial charge in [-0.3, -0.25) is 14.6 Å². The molecule has 0 radical (unpaired) electrons. The summed E-state index contributed by atoms with van der Waals surface area (Å²) < 4.78 is 6.55. The maximum atomic E-state index is 13.4. The summed E-state index contributed by atoms with van der Waals surface area (Å²) in [5.41, 5.74) is -1.17. The molecule has 2 fully saturated rings. The summed E-state index contributed by atoms with van der Waals surface area (Å²) in [5.74, 6) is -0.234. The van der Waals surface area contributed by atoms with Crippen LogP contribution >= 0.6 is 0 Å². The van der Waals surface area contributed by atoms with Crippen LogP contribution in [0.2, 0.25) is 0 Å². The van der Waals surface area contributed by atoms with Crippen LogP contribution in [0.25, 0.3) is 0 Å². The first-order valence-electron chi connectivity index (χ1n) is 8.68. The van der Waals surface area contributed by atoms with E-state index in [1.54, 1.807) is 7.05 Å². The van der Waals surface area contributed by atoms with Crippen LogP contribution in [-0.2, 0) is 15.1 Å². The van der Waals surface area contributed by atoms with Crippen molar-refractivity contribution in [2.75, 3.05) is 14.1 Å². The highest BCUT2D eigenvalue weighted by Crippen LogP contribution is 2.68. The molecule has 5 heteroatoms. The number of imide groups is 1. The van der Waals surface area contributed by atoms with Crippen molar-refractivity contribution < 1.29 is 14.3 Å². The van der Waals surface area contributed by atoms with E-state index in [2.05, 4.69) is 0 Å². The molecule has 5 nitrogen and oxygen atoms in total. The zero-order valence-corrected chi connectivity index (χ0v) is 15.4. The van der Waals surface area contributed by atoms with Crippen molar-refractivity contribution in [1.82, 2.24) is 9.80 Å². The Labute approximate surface area is 153 Å². The van der Waals surface area contributed by atoms with Gasteiger partial charge in [0.05, 0.1) is 0 Å². The smallest absolute Gasteiger partial charge is 0.328 e. The summed E-state index contributed by atoms with van der Waals surface area (Å²) in [5, 5.41) is 0. The quantitative estimate of drug-likeness (QED) is 0.836. The van der Waals surface area contributed by atoms with Gasteiger partial charge in [0.1, 0.15) is 11.0 Å². The number of nitrogens with zero attached hydrogens (tertiary/aromatic N) is 2. The van der Waals surface area contributed by atoms with Gasteiger partial charge in [-0.2, -0.15) is 0 Å². The molecule has 0 N–H and O–H groups in total. The molecule has 0 unspecified atom stereocenters. The van der Waals surface area contributed by atoms with E-state index in [0.29, 0.717) is 0 Å². The molecule has 0 aromatic heterocycles. The highest BCUT2D eigenvalue weighted by atomic mass is 16.6. The number of fused-ring (bicyclic) bond motifs is 1. The first-order valence-corrected chi connectivity index (χ1v) is 8.68. The average Bonchev–Trinajstić information content (AvgIpc) is 2.69. The van der Waals surface area contributed by atoms with Crippen LogP contribution in [0.15, 0.2) is 60.7 Å². The monoisotopic (exact) mass is 350 g/mol. The zero-order chi connectivity index (χ0) is 18.7. The fraction of sp³-hybridized carbons (Fsp3) is 0.333. The van der Waals surface area contributed by atoms with Gasteiger partial charge in [-0.25, -0.2) is 4.79 Å². The fourth-order valence-corrected chi connectivity index (χ4v) is 4.57. The van der Waals surface area contributed by atoms with E-state index in [9.17, 15) is 9.59 Å². The average molecular weight is 350 g/mol. The van der Waals surface area contributed by atoms with Crippen molar-refractivity contribution in [2.24, 2.45) is 5.41 Å². The third kappa shape index (κ3) is 1.64. The summed E-state index contributed by atoms with van der Waals surface area (Å²) in [6.45, 7) is 3.72. The Kier molecular flexibility index (Phi) is 3.34. The molecule has 3 amide bonds. The number of amides is 3. The summed E-state index contributed by atoms with van der Waals surface area (Å²) in [7, 11) is 3.22. The second-order valence-corrected chi connectivity index (χ2v) is 7.33. The molecule has 26 heavy (non-hydrogen) atoms. The number of carbonyl (C=O) groups excluding carboxylic acids is 2. The molecule has 4 rings (SSSR count). The van der Waals surface area contributed by atoms with E-state index in [4.69, 9.17) is 4.74 Å². The van der Waals surface area contributed by atoms with Gasteiger partial charge in [-0.1, -0.05) is 60.7 Å². The topological polar surface area (TPSA) is 49.9 Å². The van der Waals surface area contributed by atoms with Crippen molar-refractivity contribution in [2.45, 2.75) is 25.2 Å². The zero-order valence-electron chi connectivity index (χ0n) is 15.4. The lowest BCUT2D eigenvalue weighted by Crippen LogP contribution is -2.86. The molecule has 0 aliphatic carbocycles. The van der Waals surface area contributed by atoms with E-state index in [1.165, 1.54) is 16.8 Å². The number of benzene rings is 2. The second kappa shape index (κ2) is 5.17. The lowest BCUT2D eigenvalue weighted by Gasteiger charge is -2.71. The van der Waals surface area contributed by atoms with Gasteiger partial charge in [-0.05, 0) is 25.0 Å². The molecule has 2 atom stereocenters. The van der Waals surface area contributed by atoms with Crippen molar-refractivity contribution >= 4 is 11.9 Å². The van der Waals surface area contributed by atoms with E-state index in [-0.39, 0.29) is 11.9 Å². The third-order valence-electron chi connectivity index (χ3n) is 6.29. The van der Waals surface area contributed by atoms with E-state index < -0.39 is 16.7 Å². The third-order valence-corrected chi connectivity index (χ3v) is 6.29. The van der Waals surface area contributed by atoms with Crippen LogP contribution < -0.4 is 0 Å². The second-order valence-electron chi connectivity index (χ2n) is 7.33. The minimum atomic E-state index is -1.03. The molecule has 0 spiro atoms. The molecular weight excluding hydrogens is 328 g/mol. The Morgan fingerprint density at radius 3 is 1.73 bits per heavy atom. The van der Waals surface area contributed by atoms with Crippen LogP contribution in [0.4, 0.5) is 4.79 Å². The molecule has 134 valence electrons. The van der Waals surface area contributed by atoms with Crippen LogP contribution in [0, 0.1) is 5.41 Å². The first-order chi connectivity index (χ1) is 12.3. The number of carbonyl (C=O) groups is 2. The Hall–Kier alpha value is -2.66. The van der Waals surface area contributed by atoms with Crippen LogP contribution in [0.5, 0.6) is 0 Å². The van der Waals surface area contributed by atoms with Crippen molar-refractivity contribution in [3.63, 3.8) is 0 Å². The first kappa shape index (κ1) is 16.8. The Morgan fingerprint density at radius 2 is 1.27 bits per heavy atom. The number of urea groups is 1. The lowest BCUT2D eigenvalue weighted by atomic mass is 9.53. The molecule has 2 saturated heterocycles. The largest absolute Gasteiger partial charge is 0.337 e. The van der Waals surface area contributed by atoms with Crippen LogP contribution in [0.3, 0.4) is 0 Å². The predicted molar refractivity (Wildman–Crippen MR) is 97.2 cm³/mol. The van der Waals surface area contributed by atoms with Gasteiger partial charge in [0.25, 0.3) is 0 Å². The maximum absolute atomic E-state index is 13.4. The van der Waals surface area contributed by atoms with E-state index in [0.717, 1.165) is 11.1 Å². The fourth-order valence-electron chi connectivity index (χ4n) is 4.57. The Balaban J connectivity index is 2.01. The van der Waals surface area contributed by atoms with Crippen molar-refractivity contribution in [3.8, 4) is 0 Å². The van der Waals surface area contributed by atoms with Gasteiger partial charge in [0.2, 0.25) is 5.91 Å². The van der Waals surface area contributed by atoms with Crippen LogP contribution in [-0.4, -0.2) is 41.6 Å². The molecular formula is C21H22N2O3. The number of hydrogen-bond donors (Lipinski definition) is 0. The van der Waals surface area contributed by atoms with Gasteiger partial charge < -0.3 is 4.74 Å². The summed E-state index contributed by atoms with van der Waals surface area (Å²) in [6, 6.07) is 19.2. The highest BCUT2D eigenvalue weighted by molar-refractivity contribution is 6.02. The minimum Gasteiger partial charge on any atom is -0.337 e. The highest BCUT2D eigenvalue weighted by Gasteiger charge is 2.81. The summed E-state index contributed by atoms with van der Waals surface area (Å²) in [6.07, 6.45) is 0. The number of ether oxygens (including phenoxy) is 1. The molecule has 2 aliphatic rings. The standard InChI is InChI=1S/C21H22N2O3/c1-19-17(24)22(3)18(25)23(4)20(19,2)26-21(19,15-11-7-5-8-12-15)16-13-9-6-10-14-16/h5-14H,1-4H3/t19-,20-/m1/s1. The molecule has 2 aliphatic heterocycles. The maximum Gasteiger partial charge on any atom is 0.328 e. The van der Waals surface area contributed by atoms with Gasteiger partial charge in [0.15, 0.2) is 5.72 Å². The molecule has 0 saturated carbocycles. The molecule has 2 aromatic carbocycles. The Bertz CT molecular complexity index is 843. The summed E-state index contributed by atoms with van der Waals surface area (Å²) >= 11 is 0. The molecule has 2 heterocycles. The number of rotatable bonds is 2. The normalized spacial score (nSPS) is 30.0.